The van der Waals surface area contributed by atoms with E-state index in [0.29, 0.717) is 5.92 Å². The molecule has 0 unspecified atom stereocenters. The Labute approximate surface area is 97.8 Å². The molecule has 5 nitrogen and oxygen atoms in total. The third-order valence-electron chi connectivity index (χ3n) is 2.50. The zero-order valence-corrected chi connectivity index (χ0v) is 11.0. The van der Waals surface area contributed by atoms with Crippen LogP contribution in [0.3, 0.4) is 0 Å². The molecule has 0 aliphatic heterocycles. The highest BCUT2D eigenvalue weighted by atomic mass is 15.4. The van der Waals surface area contributed by atoms with Crippen LogP contribution in [-0.2, 0) is 13.1 Å². The van der Waals surface area contributed by atoms with Crippen LogP contribution in [0, 0.1) is 0 Å². The van der Waals surface area contributed by atoms with E-state index in [1.165, 1.54) is 5.69 Å². The molecule has 0 saturated carbocycles. The smallest absolute Gasteiger partial charge is 0.0999 e. The zero-order chi connectivity index (χ0) is 12.1. The van der Waals surface area contributed by atoms with Gasteiger partial charge in [-0.1, -0.05) is 19.1 Å². The summed E-state index contributed by atoms with van der Waals surface area (Å²) in [5.74, 6) is 0.459. The van der Waals surface area contributed by atoms with Gasteiger partial charge in [-0.3, -0.25) is 0 Å². The molecule has 0 aliphatic carbocycles. The third-order valence-corrected chi connectivity index (χ3v) is 2.50. The maximum Gasteiger partial charge on any atom is 0.0999 e. The van der Waals surface area contributed by atoms with E-state index in [4.69, 9.17) is 0 Å². The molecule has 0 saturated heterocycles. The fourth-order valence-electron chi connectivity index (χ4n) is 1.74. The molecular weight excluding hydrogens is 202 g/mol. The van der Waals surface area contributed by atoms with Gasteiger partial charge >= 0.3 is 0 Å². The van der Waals surface area contributed by atoms with Gasteiger partial charge in [0.1, 0.15) is 0 Å². The standard InChI is InChI=1S/C11H23N5/c1-9(2)11-10(8-12-3)13-14-16(11)7-6-15(4)5/h9,12H,6-8H2,1-5H3. The van der Waals surface area contributed by atoms with Crippen LogP contribution in [0.2, 0.25) is 0 Å². The summed E-state index contributed by atoms with van der Waals surface area (Å²) in [6.07, 6.45) is 0. The van der Waals surface area contributed by atoms with Gasteiger partial charge in [0.25, 0.3) is 0 Å². The van der Waals surface area contributed by atoms with Crippen LogP contribution in [0.5, 0.6) is 0 Å². The Morgan fingerprint density at radius 3 is 2.56 bits per heavy atom. The van der Waals surface area contributed by atoms with E-state index >= 15 is 0 Å². The van der Waals surface area contributed by atoms with Crippen molar-refractivity contribution in [2.45, 2.75) is 32.9 Å². The summed E-state index contributed by atoms with van der Waals surface area (Å²) < 4.78 is 2.03. The van der Waals surface area contributed by atoms with Gasteiger partial charge in [0.2, 0.25) is 0 Å². The maximum absolute atomic E-state index is 4.24. The fraction of sp³-hybridized carbons (Fsp3) is 0.818. The lowest BCUT2D eigenvalue weighted by molar-refractivity contribution is 0.365. The number of likely N-dealkylation sites (N-methyl/N-ethyl adjacent to an activating group) is 1. The Morgan fingerprint density at radius 1 is 1.38 bits per heavy atom. The molecule has 16 heavy (non-hydrogen) atoms. The first kappa shape index (κ1) is 13.1. The van der Waals surface area contributed by atoms with E-state index in [1.807, 2.05) is 11.7 Å². The van der Waals surface area contributed by atoms with E-state index < -0.39 is 0 Å². The van der Waals surface area contributed by atoms with Crippen LogP contribution >= 0.6 is 0 Å². The second kappa shape index (κ2) is 5.96. The quantitative estimate of drug-likeness (QED) is 0.773. The number of nitrogens with one attached hydrogen (secondary N) is 1. The molecule has 0 aromatic carbocycles. The van der Waals surface area contributed by atoms with Gasteiger partial charge in [0.15, 0.2) is 0 Å². The van der Waals surface area contributed by atoms with E-state index in [-0.39, 0.29) is 0 Å². The van der Waals surface area contributed by atoms with Crippen molar-refractivity contribution in [3.05, 3.63) is 11.4 Å². The van der Waals surface area contributed by atoms with Gasteiger partial charge in [0.05, 0.1) is 17.9 Å². The number of rotatable bonds is 6. The lowest BCUT2D eigenvalue weighted by Gasteiger charge is -2.13. The van der Waals surface area contributed by atoms with Gasteiger partial charge in [-0.05, 0) is 27.1 Å². The molecule has 1 heterocycles. The van der Waals surface area contributed by atoms with Gasteiger partial charge in [-0.2, -0.15) is 0 Å². The Bertz CT molecular complexity index is 316. The Balaban J connectivity index is 2.82. The molecule has 0 amide bonds. The SMILES string of the molecule is CNCc1nnn(CCN(C)C)c1C(C)C. The van der Waals surface area contributed by atoms with Crippen LogP contribution < -0.4 is 5.32 Å². The van der Waals surface area contributed by atoms with Crippen LogP contribution in [0.15, 0.2) is 0 Å². The highest BCUT2D eigenvalue weighted by Gasteiger charge is 2.15. The second-order valence-electron chi connectivity index (χ2n) is 4.63. The van der Waals surface area contributed by atoms with Crippen LogP contribution in [0.4, 0.5) is 0 Å². The van der Waals surface area contributed by atoms with Crippen molar-refractivity contribution >= 4 is 0 Å². The predicted molar refractivity (Wildman–Crippen MR) is 65.4 cm³/mol. The Kier molecular flexibility index (Phi) is 4.89. The van der Waals surface area contributed by atoms with E-state index in [2.05, 4.69) is 48.5 Å². The summed E-state index contributed by atoms with van der Waals surface area (Å²) in [7, 11) is 6.07. The van der Waals surface area contributed by atoms with Crippen molar-refractivity contribution in [3.8, 4) is 0 Å². The molecule has 1 aromatic rings. The average Bonchev–Trinajstić information content (AvgIpc) is 2.58. The van der Waals surface area contributed by atoms with Gasteiger partial charge in [-0.25, -0.2) is 4.68 Å². The summed E-state index contributed by atoms with van der Waals surface area (Å²) in [5, 5.41) is 11.6. The summed E-state index contributed by atoms with van der Waals surface area (Å²) in [5.41, 5.74) is 2.31. The molecule has 0 radical (unpaired) electrons. The molecule has 5 heteroatoms. The summed E-state index contributed by atoms with van der Waals surface area (Å²) in [6.45, 7) is 7.04. The molecule has 0 fully saturated rings. The molecule has 1 aromatic heterocycles. The first-order chi connectivity index (χ1) is 7.56. The Hall–Kier alpha value is -0.940. The number of hydrogen-bond acceptors (Lipinski definition) is 4. The number of aromatic nitrogens is 3. The van der Waals surface area contributed by atoms with Crippen molar-refractivity contribution in [3.63, 3.8) is 0 Å². The highest BCUT2D eigenvalue weighted by Crippen LogP contribution is 2.17. The minimum atomic E-state index is 0.459. The molecule has 0 bridgehead atoms. The Morgan fingerprint density at radius 2 is 2.06 bits per heavy atom. The summed E-state index contributed by atoms with van der Waals surface area (Å²) in [4.78, 5) is 2.16. The van der Waals surface area contributed by atoms with Crippen molar-refractivity contribution in [1.82, 2.24) is 25.2 Å². The van der Waals surface area contributed by atoms with E-state index in [9.17, 15) is 0 Å². The van der Waals surface area contributed by atoms with Gasteiger partial charge in [0, 0.05) is 13.1 Å². The fourth-order valence-corrected chi connectivity index (χ4v) is 1.74. The molecule has 0 spiro atoms. The minimum Gasteiger partial charge on any atom is -0.314 e. The first-order valence-corrected chi connectivity index (χ1v) is 5.77. The summed E-state index contributed by atoms with van der Waals surface area (Å²) >= 11 is 0. The number of nitrogens with zero attached hydrogens (tertiary/aromatic N) is 4. The average molecular weight is 225 g/mol. The third kappa shape index (κ3) is 3.28. The minimum absolute atomic E-state index is 0.459. The van der Waals surface area contributed by atoms with Crippen molar-refractivity contribution in [2.24, 2.45) is 0 Å². The molecule has 0 atom stereocenters. The van der Waals surface area contributed by atoms with Crippen molar-refractivity contribution in [2.75, 3.05) is 27.7 Å². The van der Waals surface area contributed by atoms with Crippen molar-refractivity contribution < 1.29 is 0 Å². The van der Waals surface area contributed by atoms with E-state index in [0.717, 1.165) is 25.3 Å². The van der Waals surface area contributed by atoms with Gasteiger partial charge in [-0.15, -0.1) is 5.10 Å². The molecule has 0 aliphatic rings. The summed E-state index contributed by atoms with van der Waals surface area (Å²) in [6, 6.07) is 0. The highest BCUT2D eigenvalue weighted by molar-refractivity contribution is 5.14. The molecular formula is C11H23N5. The maximum atomic E-state index is 4.24. The lowest BCUT2D eigenvalue weighted by atomic mass is 10.1. The topological polar surface area (TPSA) is 46.0 Å². The van der Waals surface area contributed by atoms with Crippen LogP contribution in [0.1, 0.15) is 31.2 Å². The first-order valence-electron chi connectivity index (χ1n) is 5.77. The normalized spacial score (nSPS) is 11.7. The van der Waals surface area contributed by atoms with E-state index in [1.54, 1.807) is 0 Å². The van der Waals surface area contributed by atoms with Crippen molar-refractivity contribution in [1.29, 1.82) is 0 Å². The molecule has 1 N–H and O–H groups in total. The van der Waals surface area contributed by atoms with Gasteiger partial charge < -0.3 is 10.2 Å². The number of hydrogen-bond donors (Lipinski definition) is 1. The molecule has 92 valence electrons. The monoisotopic (exact) mass is 225 g/mol. The lowest BCUT2D eigenvalue weighted by Crippen LogP contribution is -2.21. The van der Waals surface area contributed by atoms with Crippen LogP contribution in [-0.4, -0.2) is 47.6 Å². The second-order valence-corrected chi connectivity index (χ2v) is 4.63. The van der Waals surface area contributed by atoms with Crippen LogP contribution in [0.25, 0.3) is 0 Å². The predicted octanol–water partition coefficient (Wildman–Crippen LogP) is 0.682. The zero-order valence-electron chi connectivity index (χ0n) is 11.0. The molecule has 1 rings (SSSR count). The largest absolute Gasteiger partial charge is 0.314 e.